The molecule has 4 heteroatoms. The van der Waals surface area contributed by atoms with Crippen molar-refractivity contribution in [1.29, 1.82) is 0 Å². The number of aromatic nitrogens is 2. The average molecular weight is 233 g/mol. The molecule has 0 radical (unpaired) electrons. The molecule has 0 aliphatic carbocycles. The van der Waals surface area contributed by atoms with Crippen molar-refractivity contribution >= 4 is 0 Å². The van der Waals surface area contributed by atoms with E-state index < -0.39 is 0 Å². The Hall–Kier alpha value is -1.55. The maximum atomic E-state index is 5.54. The first-order valence-corrected chi connectivity index (χ1v) is 5.84. The van der Waals surface area contributed by atoms with Gasteiger partial charge in [-0.15, -0.1) is 0 Å². The van der Waals surface area contributed by atoms with E-state index >= 15 is 0 Å². The maximum Gasteiger partial charge on any atom is 0.122 e. The summed E-state index contributed by atoms with van der Waals surface area (Å²) in [5, 5.41) is 3.45. The Balaban J connectivity index is 2.00. The second kappa shape index (κ2) is 4.75. The third-order valence-electron chi connectivity index (χ3n) is 3.03. The topological polar surface area (TPSA) is 43.0 Å². The lowest BCUT2D eigenvalue weighted by Gasteiger charge is -2.12. The fraction of sp³-hybridized carbons (Fsp3) is 0.462. The summed E-state index contributed by atoms with van der Waals surface area (Å²) in [5.74, 6) is 2.99. The summed E-state index contributed by atoms with van der Waals surface area (Å²) in [7, 11) is 2.00. The first-order chi connectivity index (χ1) is 8.08. The number of hydrogen-bond acceptors (Lipinski definition) is 3. The molecule has 0 aromatic carbocycles. The largest absolute Gasteiger partial charge is 0.466 e. The molecule has 17 heavy (non-hydrogen) atoms. The average Bonchev–Trinajstić information content (AvgIpc) is 2.81. The molecule has 2 aromatic rings. The van der Waals surface area contributed by atoms with Crippen molar-refractivity contribution in [3.63, 3.8) is 0 Å². The molecule has 0 aliphatic rings. The maximum absolute atomic E-state index is 5.54. The van der Waals surface area contributed by atoms with E-state index in [0.29, 0.717) is 0 Å². The molecule has 0 fully saturated rings. The lowest BCUT2D eigenvalue weighted by molar-refractivity contribution is 0.487. The fourth-order valence-electron chi connectivity index (χ4n) is 2.00. The smallest absolute Gasteiger partial charge is 0.122 e. The first kappa shape index (κ1) is 11.9. The minimum absolute atomic E-state index is 0.268. The van der Waals surface area contributed by atoms with E-state index in [1.54, 1.807) is 0 Å². The minimum atomic E-state index is 0.268. The Bertz CT molecular complexity index is 498. The molecule has 4 nitrogen and oxygen atoms in total. The van der Waals surface area contributed by atoms with E-state index in [9.17, 15) is 0 Å². The van der Waals surface area contributed by atoms with Crippen molar-refractivity contribution in [3.05, 3.63) is 41.4 Å². The molecule has 92 valence electrons. The van der Waals surface area contributed by atoms with Crippen LogP contribution in [0.25, 0.3) is 0 Å². The molecule has 0 saturated heterocycles. The Labute approximate surface area is 102 Å². The zero-order valence-electron chi connectivity index (χ0n) is 10.8. The SMILES string of the molecule is Cc1cc(C(C)NCc2nccn2C)c(C)o1. The highest BCUT2D eigenvalue weighted by Crippen LogP contribution is 2.21. The van der Waals surface area contributed by atoms with Crippen molar-refractivity contribution in [2.45, 2.75) is 33.4 Å². The van der Waals surface area contributed by atoms with Gasteiger partial charge in [0, 0.05) is 31.0 Å². The van der Waals surface area contributed by atoms with Gasteiger partial charge >= 0.3 is 0 Å². The number of aryl methyl sites for hydroxylation is 3. The highest BCUT2D eigenvalue weighted by Gasteiger charge is 2.12. The second-order valence-corrected chi connectivity index (χ2v) is 4.43. The molecular weight excluding hydrogens is 214 g/mol. The van der Waals surface area contributed by atoms with Crippen LogP contribution in [0.3, 0.4) is 0 Å². The van der Waals surface area contributed by atoms with E-state index in [1.807, 2.05) is 37.9 Å². The summed E-state index contributed by atoms with van der Waals surface area (Å²) in [6, 6.07) is 2.36. The van der Waals surface area contributed by atoms with Gasteiger partial charge in [-0.2, -0.15) is 0 Å². The molecule has 2 rings (SSSR count). The van der Waals surface area contributed by atoms with Crippen LogP contribution in [-0.4, -0.2) is 9.55 Å². The summed E-state index contributed by atoms with van der Waals surface area (Å²) >= 11 is 0. The van der Waals surface area contributed by atoms with Gasteiger partial charge in [-0.05, 0) is 26.8 Å². The van der Waals surface area contributed by atoms with Crippen LogP contribution in [0.1, 0.15) is 35.9 Å². The summed E-state index contributed by atoms with van der Waals surface area (Å²) in [5.41, 5.74) is 1.22. The predicted molar refractivity (Wildman–Crippen MR) is 66.6 cm³/mol. The third kappa shape index (κ3) is 2.58. The normalized spacial score (nSPS) is 12.9. The number of furan rings is 1. The molecule has 0 bridgehead atoms. The molecule has 2 heterocycles. The number of nitrogens with one attached hydrogen (secondary N) is 1. The monoisotopic (exact) mass is 233 g/mol. The number of rotatable bonds is 4. The zero-order valence-corrected chi connectivity index (χ0v) is 10.8. The predicted octanol–water partition coefficient (Wildman–Crippen LogP) is 2.48. The minimum Gasteiger partial charge on any atom is -0.466 e. The quantitative estimate of drug-likeness (QED) is 0.882. The van der Waals surface area contributed by atoms with Crippen LogP contribution in [0.5, 0.6) is 0 Å². The number of nitrogens with zero attached hydrogens (tertiary/aromatic N) is 2. The van der Waals surface area contributed by atoms with Gasteiger partial charge in [-0.1, -0.05) is 0 Å². The molecule has 1 N–H and O–H groups in total. The van der Waals surface area contributed by atoms with Gasteiger partial charge in [0.25, 0.3) is 0 Å². The molecule has 1 atom stereocenters. The number of hydrogen-bond donors (Lipinski definition) is 1. The van der Waals surface area contributed by atoms with Crippen LogP contribution in [0.2, 0.25) is 0 Å². The van der Waals surface area contributed by atoms with Crippen LogP contribution in [0, 0.1) is 13.8 Å². The highest BCUT2D eigenvalue weighted by molar-refractivity contribution is 5.23. The third-order valence-corrected chi connectivity index (χ3v) is 3.03. The van der Waals surface area contributed by atoms with Crippen molar-refractivity contribution in [2.24, 2.45) is 7.05 Å². The molecule has 2 aromatic heterocycles. The summed E-state index contributed by atoms with van der Waals surface area (Å²) in [6.45, 7) is 6.87. The van der Waals surface area contributed by atoms with Crippen LogP contribution in [-0.2, 0) is 13.6 Å². The van der Waals surface area contributed by atoms with Gasteiger partial charge in [-0.25, -0.2) is 4.98 Å². The molecule has 0 saturated carbocycles. The first-order valence-electron chi connectivity index (χ1n) is 5.84. The van der Waals surface area contributed by atoms with Crippen molar-refractivity contribution in [1.82, 2.24) is 14.9 Å². The highest BCUT2D eigenvalue weighted by atomic mass is 16.3. The lowest BCUT2D eigenvalue weighted by Crippen LogP contribution is -2.20. The van der Waals surface area contributed by atoms with E-state index in [2.05, 4.69) is 23.3 Å². The Morgan fingerprint density at radius 2 is 2.24 bits per heavy atom. The second-order valence-electron chi connectivity index (χ2n) is 4.43. The Morgan fingerprint density at radius 1 is 1.47 bits per heavy atom. The van der Waals surface area contributed by atoms with Crippen molar-refractivity contribution in [2.75, 3.05) is 0 Å². The van der Waals surface area contributed by atoms with E-state index in [1.165, 1.54) is 5.56 Å². The van der Waals surface area contributed by atoms with E-state index in [-0.39, 0.29) is 6.04 Å². The van der Waals surface area contributed by atoms with Gasteiger partial charge in [0.05, 0.1) is 6.54 Å². The molecule has 1 unspecified atom stereocenters. The van der Waals surface area contributed by atoms with E-state index in [0.717, 1.165) is 23.9 Å². The van der Waals surface area contributed by atoms with Gasteiger partial charge in [0.1, 0.15) is 17.3 Å². The summed E-state index contributed by atoms with van der Waals surface area (Å²) in [4.78, 5) is 4.29. The fourth-order valence-corrected chi connectivity index (χ4v) is 2.00. The van der Waals surface area contributed by atoms with Crippen molar-refractivity contribution < 1.29 is 4.42 Å². The van der Waals surface area contributed by atoms with Crippen LogP contribution >= 0.6 is 0 Å². The van der Waals surface area contributed by atoms with Crippen LogP contribution in [0.15, 0.2) is 22.9 Å². The number of imidazole rings is 1. The van der Waals surface area contributed by atoms with Gasteiger partial charge in [0.2, 0.25) is 0 Å². The van der Waals surface area contributed by atoms with Crippen LogP contribution < -0.4 is 5.32 Å². The summed E-state index contributed by atoms with van der Waals surface area (Å²) < 4.78 is 7.56. The lowest BCUT2D eigenvalue weighted by atomic mass is 10.1. The molecular formula is C13H19N3O. The van der Waals surface area contributed by atoms with Crippen LogP contribution in [0.4, 0.5) is 0 Å². The van der Waals surface area contributed by atoms with Gasteiger partial charge in [-0.3, -0.25) is 0 Å². The van der Waals surface area contributed by atoms with E-state index in [4.69, 9.17) is 4.42 Å². The Morgan fingerprint density at radius 3 is 2.76 bits per heavy atom. The van der Waals surface area contributed by atoms with Crippen molar-refractivity contribution in [3.8, 4) is 0 Å². The summed E-state index contributed by atoms with van der Waals surface area (Å²) in [6.07, 6.45) is 3.77. The van der Waals surface area contributed by atoms with Gasteiger partial charge in [0.15, 0.2) is 0 Å². The zero-order chi connectivity index (χ0) is 12.4. The molecule has 0 spiro atoms. The molecule has 0 amide bonds. The standard InChI is InChI=1S/C13H19N3O/c1-9-7-12(11(3)17-9)10(2)15-8-13-14-5-6-16(13)4/h5-7,10,15H,8H2,1-4H3. The van der Waals surface area contributed by atoms with Gasteiger partial charge < -0.3 is 14.3 Å². The molecule has 0 aliphatic heterocycles. The Kier molecular flexibility index (Phi) is 3.33.